The number of nitrogens with zero attached hydrogens (tertiary/aromatic N) is 3. The van der Waals surface area contributed by atoms with Gasteiger partial charge in [-0.2, -0.15) is 0 Å². The summed E-state index contributed by atoms with van der Waals surface area (Å²) in [5.74, 6) is 0.911. The van der Waals surface area contributed by atoms with Gasteiger partial charge in [-0.3, -0.25) is 9.69 Å². The van der Waals surface area contributed by atoms with Crippen LogP contribution in [-0.2, 0) is 30.5 Å². The number of aromatic nitrogens is 1. The van der Waals surface area contributed by atoms with Crippen LogP contribution in [0.2, 0.25) is 0 Å². The average molecular weight is 420 g/mol. The first-order valence-corrected chi connectivity index (χ1v) is 12.7. The van der Waals surface area contributed by atoms with Crippen LogP contribution in [0.1, 0.15) is 64.9 Å². The SMILES string of the molecule is O=C1N(C2Cc3ccccc3C2)C[C@@H]2C[C@@H](c3nc4c(s3)CCCC4)N3CCC[C@@]123. The number of carbonyl (C=O) groups is 1. The van der Waals surface area contributed by atoms with Crippen molar-refractivity contribution in [3.8, 4) is 0 Å². The Labute approximate surface area is 182 Å². The van der Waals surface area contributed by atoms with E-state index >= 15 is 0 Å². The van der Waals surface area contributed by atoms with Gasteiger partial charge in [-0.1, -0.05) is 24.3 Å². The third-order valence-electron chi connectivity index (χ3n) is 8.69. The van der Waals surface area contributed by atoms with Gasteiger partial charge in [0, 0.05) is 23.4 Å². The lowest BCUT2D eigenvalue weighted by molar-refractivity contribution is -0.138. The highest BCUT2D eigenvalue weighted by Gasteiger charge is 2.66. The van der Waals surface area contributed by atoms with Crippen LogP contribution in [-0.4, -0.2) is 45.4 Å². The van der Waals surface area contributed by atoms with Crippen molar-refractivity contribution in [1.29, 1.82) is 0 Å². The molecule has 5 heteroatoms. The Hall–Kier alpha value is -1.72. The van der Waals surface area contributed by atoms with Crippen LogP contribution in [0, 0.1) is 5.92 Å². The summed E-state index contributed by atoms with van der Waals surface area (Å²) >= 11 is 1.96. The maximum Gasteiger partial charge on any atom is 0.243 e. The fraction of sp³-hybridized carbons (Fsp3) is 0.600. The number of hydrogen-bond donors (Lipinski definition) is 0. The van der Waals surface area contributed by atoms with E-state index in [4.69, 9.17) is 4.98 Å². The molecule has 3 atom stereocenters. The van der Waals surface area contributed by atoms with Gasteiger partial charge in [0.25, 0.3) is 0 Å². The highest BCUT2D eigenvalue weighted by atomic mass is 32.1. The minimum Gasteiger partial charge on any atom is -0.337 e. The van der Waals surface area contributed by atoms with Gasteiger partial charge in [0.2, 0.25) is 5.91 Å². The molecule has 0 radical (unpaired) electrons. The third kappa shape index (κ3) is 2.31. The van der Waals surface area contributed by atoms with Gasteiger partial charge >= 0.3 is 0 Å². The summed E-state index contributed by atoms with van der Waals surface area (Å²) in [6.07, 6.45) is 10.4. The molecule has 1 amide bonds. The van der Waals surface area contributed by atoms with Gasteiger partial charge in [0.05, 0.1) is 11.7 Å². The molecule has 0 N–H and O–H groups in total. The van der Waals surface area contributed by atoms with Crippen LogP contribution >= 0.6 is 11.3 Å². The number of likely N-dealkylation sites (tertiary alicyclic amines) is 1. The van der Waals surface area contributed by atoms with Crippen LogP contribution in [0.4, 0.5) is 0 Å². The smallest absolute Gasteiger partial charge is 0.243 e. The molecule has 1 aromatic heterocycles. The molecule has 30 heavy (non-hydrogen) atoms. The monoisotopic (exact) mass is 419 g/mol. The molecule has 3 aliphatic heterocycles. The molecule has 0 saturated carbocycles. The summed E-state index contributed by atoms with van der Waals surface area (Å²) in [6, 6.07) is 9.51. The Kier molecular flexibility index (Phi) is 3.82. The zero-order valence-corrected chi connectivity index (χ0v) is 18.3. The molecule has 0 bridgehead atoms. The fourth-order valence-corrected chi connectivity index (χ4v) is 8.62. The summed E-state index contributed by atoms with van der Waals surface area (Å²) < 4.78 is 0. The van der Waals surface area contributed by atoms with Crippen LogP contribution in [0.3, 0.4) is 0 Å². The van der Waals surface area contributed by atoms with Crippen LogP contribution in [0.25, 0.3) is 0 Å². The van der Waals surface area contributed by atoms with Gasteiger partial charge in [0.15, 0.2) is 0 Å². The summed E-state index contributed by atoms with van der Waals surface area (Å²) in [7, 11) is 0. The normalized spacial score (nSPS) is 33.1. The number of aryl methyl sites for hydroxylation is 2. The van der Waals surface area contributed by atoms with E-state index in [9.17, 15) is 4.79 Å². The van der Waals surface area contributed by atoms with E-state index in [0.717, 1.165) is 51.6 Å². The number of benzene rings is 1. The molecule has 3 fully saturated rings. The van der Waals surface area contributed by atoms with Crippen LogP contribution in [0.5, 0.6) is 0 Å². The highest BCUT2D eigenvalue weighted by molar-refractivity contribution is 7.11. The summed E-state index contributed by atoms with van der Waals surface area (Å²) in [4.78, 5) is 25.5. The number of hydrogen-bond acceptors (Lipinski definition) is 4. The van der Waals surface area contributed by atoms with Gasteiger partial charge < -0.3 is 4.90 Å². The van der Waals surface area contributed by atoms with Crippen molar-refractivity contribution >= 4 is 17.2 Å². The van der Waals surface area contributed by atoms with Crippen molar-refractivity contribution < 1.29 is 4.79 Å². The number of thiazole rings is 1. The van der Waals surface area contributed by atoms with Crippen molar-refractivity contribution in [2.75, 3.05) is 13.1 Å². The first-order valence-electron chi connectivity index (χ1n) is 11.9. The maximum atomic E-state index is 14.0. The summed E-state index contributed by atoms with van der Waals surface area (Å²) in [5, 5.41) is 1.31. The molecule has 0 unspecified atom stereocenters. The molecule has 4 heterocycles. The molecule has 5 aliphatic rings. The van der Waals surface area contributed by atoms with E-state index < -0.39 is 0 Å². The largest absolute Gasteiger partial charge is 0.337 e. The molecule has 2 aliphatic carbocycles. The lowest BCUT2D eigenvalue weighted by Crippen LogP contribution is -2.51. The van der Waals surface area contributed by atoms with Crippen molar-refractivity contribution in [3.63, 3.8) is 0 Å². The molecule has 7 rings (SSSR count). The predicted octanol–water partition coefficient (Wildman–Crippen LogP) is 3.93. The van der Waals surface area contributed by atoms with Crippen LogP contribution < -0.4 is 0 Å². The molecular weight excluding hydrogens is 390 g/mol. The minimum absolute atomic E-state index is 0.231. The Morgan fingerprint density at radius 3 is 2.67 bits per heavy atom. The van der Waals surface area contributed by atoms with Crippen molar-refractivity contribution in [2.24, 2.45) is 5.92 Å². The lowest BCUT2D eigenvalue weighted by Gasteiger charge is -2.34. The Bertz CT molecular complexity index is 983. The second kappa shape index (κ2) is 6.39. The number of rotatable bonds is 2. The van der Waals surface area contributed by atoms with Gasteiger partial charge in [-0.05, 0) is 75.5 Å². The van der Waals surface area contributed by atoms with Gasteiger partial charge in [-0.15, -0.1) is 11.3 Å². The number of amides is 1. The molecule has 2 aromatic rings. The van der Waals surface area contributed by atoms with E-state index in [1.54, 1.807) is 0 Å². The number of carbonyl (C=O) groups excluding carboxylic acids is 1. The van der Waals surface area contributed by atoms with Crippen molar-refractivity contribution in [1.82, 2.24) is 14.8 Å². The van der Waals surface area contributed by atoms with E-state index in [2.05, 4.69) is 34.1 Å². The van der Waals surface area contributed by atoms with E-state index in [-0.39, 0.29) is 5.54 Å². The van der Waals surface area contributed by atoms with E-state index in [1.807, 2.05) is 11.3 Å². The quantitative estimate of drug-likeness (QED) is 0.740. The van der Waals surface area contributed by atoms with E-state index in [0.29, 0.717) is 23.9 Å². The summed E-state index contributed by atoms with van der Waals surface area (Å²) in [6.45, 7) is 2.02. The van der Waals surface area contributed by atoms with Crippen LogP contribution in [0.15, 0.2) is 24.3 Å². The lowest BCUT2D eigenvalue weighted by atomic mass is 9.85. The van der Waals surface area contributed by atoms with Crippen molar-refractivity contribution in [2.45, 2.75) is 75.4 Å². The second-order valence-electron chi connectivity index (χ2n) is 10.1. The Balaban J connectivity index is 1.18. The van der Waals surface area contributed by atoms with Gasteiger partial charge in [-0.25, -0.2) is 4.98 Å². The van der Waals surface area contributed by atoms with Crippen molar-refractivity contribution in [3.05, 3.63) is 51.0 Å². The minimum atomic E-state index is -0.231. The molecular formula is C25H29N3OS. The predicted molar refractivity (Wildman–Crippen MR) is 118 cm³/mol. The average Bonchev–Trinajstić information content (AvgIpc) is 3.54. The molecule has 1 aromatic carbocycles. The first kappa shape index (κ1) is 17.9. The first-order chi connectivity index (χ1) is 14.7. The topological polar surface area (TPSA) is 36.4 Å². The highest BCUT2D eigenvalue weighted by Crippen LogP contribution is 2.57. The fourth-order valence-electron chi connectivity index (χ4n) is 7.34. The zero-order valence-electron chi connectivity index (χ0n) is 17.5. The molecule has 1 spiro atoms. The molecule has 3 saturated heterocycles. The van der Waals surface area contributed by atoms with Gasteiger partial charge in [0.1, 0.15) is 10.5 Å². The maximum absolute atomic E-state index is 14.0. The number of fused-ring (bicyclic) bond motifs is 2. The Morgan fingerprint density at radius 2 is 1.87 bits per heavy atom. The third-order valence-corrected chi connectivity index (χ3v) is 9.95. The summed E-state index contributed by atoms with van der Waals surface area (Å²) in [5.41, 5.74) is 4.02. The second-order valence-corrected chi connectivity index (χ2v) is 11.2. The standard InChI is InChI=1S/C25H29N3OS/c29-24-25-10-5-11-28(25)21(23-26-20-8-3-4-9-22(20)30-23)14-18(25)15-27(24)19-12-16-6-1-2-7-17(16)13-19/h1-2,6-7,18-19,21H,3-5,8-15H2/t18-,21-,25-/m0/s1. The molecule has 4 nitrogen and oxygen atoms in total. The molecule has 156 valence electrons. The zero-order chi connectivity index (χ0) is 19.9. The Morgan fingerprint density at radius 1 is 1.07 bits per heavy atom. The van der Waals surface area contributed by atoms with E-state index in [1.165, 1.54) is 46.0 Å².